The lowest BCUT2D eigenvalue weighted by Crippen LogP contribution is -2.52. The highest BCUT2D eigenvalue weighted by atomic mass is 35.5. The molecule has 1 unspecified atom stereocenters. The molecule has 0 spiro atoms. The van der Waals surface area contributed by atoms with Crippen molar-refractivity contribution in [2.24, 2.45) is 0 Å². The lowest BCUT2D eigenvalue weighted by Gasteiger charge is -2.35. The van der Waals surface area contributed by atoms with Gasteiger partial charge in [0, 0.05) is 45.2 Å². The number of piperazine rings is 1. The molecule has 2 saturated heterocycles. The Morgan fingerprint density at radius 3 is 2.42 bits per heavy atom. The van der Waals surface area contributed by atoms with Crippen molar-refractivity contribution in [3.8, 4) is 0 Å². The van der Waals surface area contributed by atoms with Crippen LogP contribution in [0.1, 0.15) is 12.0 Å². The van der Waals surface area contributed by atoms with E-state index in [9.17, 15) is 13.2 Å². The number of nitrogens with one attached hydrogen (secondary N) is 1. The second-order valence-corrected chi connectivity index (χ2v) is 8.47. The number of benzene rings is 1. The van der Waals surface area contributed by atoms with Gasteiger partial charge in [-0.05, 0) is 19.1 Å². The molecule has 1 N–H and O–H groups in total. The van der Waals surface area contributed by atoms with Gasteiger partial charge in [0.2, 0.25) is 15.9 Å². The number of nitrogens with zero attached hydrogens (tertiary/aromatic N) is 2. The third-order valence-electron chi connectivity index (χ3n) is 4.67. The van der Waals surface area contributed by atoms with Crippen molar-refractivity contribution in [2.45, 2.75) is 24.3 Å². The molecule has 2 aliphatic heterocycles. The summed E-state index contributed by atoms with van der Waals surface area (Å²) in [6, 6.07) is 6.92. The zero-order valence-electron chi connectivity index (χ0n) is 14.9. The summed E-state index contributed by atoms with van der Waals surface area (Å²) in [6.07, 6.45) is 0.394. The fourth-order valence-electron chi connectivity index (χ4n) is 3.13. The average Bonchev–Trinajstić information content (AvgIpc) is 2.63. The Hall–Kier alpha value is -1.19. The normalized spacial score (nSPS) is 21.9. The molecule has 0 aromatic heterocycles. The summed E-state index contributed by atoms with van der Waals surface area (Å²) >= 11 is 0. The Morgan fingerprint density at radius 2 is 1.85 bits per heavy atom. The number of halogens is 1. The van der Waals surface area contributed by atoms with Crippen LogP contribution in [0.5, 0.6) is 0 Å². The highest BCUT2D eigenvalue weighted by Gasteiger charge is 2.30. The van der Waals surface area contributed by atoms with E-state index in [1.165, 1.54) is 4.31 Å². The molecule has 1 aromatic carbocycles. The van der Waals surface area contributed by atoms with Crippen molar-refractivity contribution in [2.75, 3.05) is 45.9 Å². The van der Waals surface area contributed by atoms with Crippen LogP contribution < -0.4 is 5.32 Å². The van der Waals surface area contributed by atoms with E-state index in [-0.39, 0.29) is 24.4 Å². The fraction of sp³-hybridized carbons (Fsp3) is 0.588. The molecule has 146 valence electrons. The third-order valence-corrected chi connectivity index (χ3v) is 6.58. The molecular weight excluding hydrogens is 378 g/mol. The van der Waals surface area contributed by atoms with Gasteiger partial charge in [0.25, 0.3) is 0 Å². The summed E-state index contributed by atoms with van der Waals surface area (Å²) in [7, 11) is -3.49. The second-order valence-electron chi connectivity index (χ2n) is 6.53. The zero-order valence-corrected chi connectivity index (χ0v) is 16.5. The lowest BCUT2D eigenvalue weighted by atomic mass is 10.1. The topological polar surface area (TPSA) is 79.0 Å². The first-order valence-electron chi connectivity index (χ1n) is 8.62. The van der Waals surface area contributed by atoms with Crippen LogP contribution in [0, 0.1) is 6.92 Å². The molecule has 7 nitrogen and oxygen atoms in total. The van der Waals surface area contributed by atoms with Crippen LogP contribution >= 0.6 is 12.4 Å². The third kappa shape index (κ3) is 4.95. The first-order valence-corrected chi connectivity index (χ1v) is 10.1. The van der Waals surface area contributed by atoms with Crippen molar-refractivity contribution in [3.05, 3.63) is 29.8 Å². The van der Waals surface area contributed by atoms with Crippen LogP contribution in [0.4, 0.5) is 0 Å². The summed E-state index contributed by atoms with van der Waals surface area (Å²) in [4.78, 5) is 14.4. The maximum Gasteiger partial charge on any atom is 0.243 e. The summed E-state index contributed by atoms with van der Waals surface area (Å²) in [5.74, 6) is 0.0513. The van der Waals surface area contributed by atoms with Crippen molar-refractivity contribution in [1.29, 1.82) is 0 Å². The maximum absolute atomic E-state index is 12.7. The number of morpholine rings is 1. The summed E-state index contributed by atoms with van der Waals surface area (Å²) < 4.78 is 32.2. The van der Waals surface area contributed by atoms with Gasteiger partial charge in [-0.25, -0.2) is 8.42 Å². The molecule has 26 heavy (non-hydrogen) atoms. The number of ether oxygens (including phenoxy) is 1. The van der Waals surface area contributed by atoms with E-state index < -0.39 is 10.0 Å². The van der Waals surface area contributed by atoms with Crippen LogP contribution in [0.25, 0.3) is 0 Å². The maximum atomic E-state index is 12.7. The van der Waals surface area contributed by atoms with Gasteiger partial charge in [-0.3, -0.25) is 4.79 Å². The first kappa shape index (κ1) is 21.1. The van der Waals surface area contributed by atoms with E-state index in [1.807, 2.05) is 6.92 Å². The van der Waals surface area contributed by atoms with Gasteiger partial charge in [-0.2, -0.15) is 4.31 Å². The van der Waals surface area contributed by atoms with Crippen molar-refractivity contribution >= 4 is 28.3 Å². The highest BCUT2D eigenvalue weighted by molar-refractivity contribution is 7.89. The van der Waals surface area contributed by atoms with Gasteiger partial charge in [-0.15, -0.1) is 12.4 Å². The molecule has 1 amide bonds. The smallest absolute Gasteiger partial charge is 0.243 e. The number of sulfonamides is 1. The molecule has 0 aliphatic carbocycles. The van der Waals surface area contributed by atoms with E-state index in [1.54, 1.807) is 29.2 Å². The zero-order chi connectivity index (χ0) is 17.9. The average molecular weight is 404 g/mol. The number of carbonyl (C=O) groups excluding carboxylic acids is 1. The minimum Gasteiger partial charge on any atom is -0.378 e. The van der Waals surface area contributed by atoms with Crippen molar-refractivity contribution < 1.29 is 17.9 Å². The Bertz CT molecular complexity index is 697. The molecule has 2 fully saturated rings. The number of rotatable bonds is 4. The molecule has 9 heteroatoms. The highest BCUT2D eigenvalue weighted by Crippen LogP contribution is 2.18. The van der Waals surface area contributed by atoms with E-state index in [0.717, 1.165) is 12.1 Å². The Balaban J connectivity index is 0.00000243. The van der Waals surface area contributed by atoms with Crippen LogP contribution in [0.15, 0.2) is 29.2 Å². The molecule has 3 rings (SSSR count). The predicted molar refractivity (Wildman–Crippen MR) is 101 cm³/mol. The van der Waals surface area contributed by atoms with Gasteiger partial charge in [-0.1, -0.05) is 17.7 Å². The molecule has 0 saturated carbocycles. The van der Waals surface area contributed by atoms with E-state index in [4.69, 9.17) is 4.74 Å². The number of hydrogen-bond donors (Lipinski definition) is 1. The number of aryl methyl sites for hydroxylation is 1. The number of amides is 1. The summed E-state index contributed by atoms with van der Waals surface area (Å²) in [6.45, 7) is 5.43. The summed E-state index contributed by atoms with van der Waals surface area (Å²) in [5, 5.41) is 3.27. The Kier molecular flexibility index (Phi) is 7.42. The number of hydrogen-bond acceptors (Lipinski definition) is 5. The van der Waals surface area contributed by atoms with Crippen LogP contribution in [0.3, 0.4) is 0 Å². The van der Waals surface area contributed by atoms with Crippen LogP contribution in [-0.4, -0.2) is 75.5 Å². The molecule has 0 bridgehead atoms. The standard InChI is InChI=1S/C17H25N3O4S.ClH/c1-14-2-4-16(5-3-14)25(22,23)20-9-7-19(8-10-20)17(21)12-15-13-24-11-6-18-15;/h2-5,15,18H,6-13H2,1H3;1H. The van der Waals surface area contributed by atoms with E-state index in [0.29, 0.717) is 50.7 Å². The van der Waals surface area contributed by atoms with Gasteiger partial charge in [0.1, 0.15) is 0 Å². The molecular formula is C17H26ClN3O4S. The lowest BCUT2D eigenvalue weighted by molar-refractivity contribution is -0.133. The monoisotopic (exact) mass is 403 g/mol. The van der Waals surface area contributed by atoms with E-state index in [2.05, 4.69) is 5.32 Å². The first-order chi connectivity index (χ1) is 12.0. The molecule has 0 radical (unpaired) electrons. The van der Waals surface area contributed by atoms with Gasteiger partial charge < -0.3 is 15.0 Å². The van der Waals surface area contributed by atoms with Crippen molar-refractivity contribution in [1.82, 2.24) is 14.5 Å². The SMILES string of the molecule is Cc1ccc(S(=O)(=O)N2CCN(C(=O)CC3COCCN3)CC2)cc1.Cl. The molecule has 1 atom stereocenters. The fourth-order valence-corrected chi connectivity index (χ4v) is 4.55. The van der Waals surface area contributed by atoms with Crippen molar-refractivity contribution in [3.63, 3.8) is 0 Å². The van der Waals surface area contributed by atoms with Crippen LogP contribution in [0.2, 0.25) is 0 Å². The van der Waals surface area contributed by atoms with E-state index >= 15 is 0 Å². The minimum absolute atomic E-state index is 0. The van der Waals surface area contributed by atoms with Gasteiger partial charge >= 0.3 is 0 Å². The minimum atomic E-state index is -3.49. The Morgan fingerprint density at radius 1 is 1.19 bits per heavy atom. The largest absolute Gasteiger partial charge is 0.378 e. The quantitative estimate of drug-likeness (QED) is 0.797. The van der Waals surface area contributed by atoms with Crippen LogP contribution in [-0.2, 0) is 19.6 Å². The van der Waals surface area contributed by atoms with Gasteiger partial charge in [0.05, 0.1) is 18.1 Å². The second kappa shape index (κ2) is 9.14. The van der Waals surface area contributed by atoms with Gasteiger partial charge in [0.15, 0.2) is 0 Å². The molecule has 1 aromatic rings. The molecule has 2 aliphatic rings. The Labute approximate surface area is 161 Å². The predicted octanol–water partition coefficient (Wildman–Crippen LogP) is 0.628. The number of carbonyl (C=O) groups is 1. The summed E-state index contributed by atoms with van der Waals surface area (Å²) in [5.41, 5.74) is 1.02. The molecule has 2 heterocycles.